The molecule has 0 aromatic heterocycles. The molecule has 0 N–H and O–H groups in total. The number of alkyl halides is 1. The zero-order chi connectivity index (χ0) is 8.20. The Kier molecular flexibility index (Phi) is 4.30. The monoisotopic (exact) mass is 164 g/mol. The molecule has 0 saturated carbocycles. The Morgan fingerprint density at radius 1 is 1.40 bits per heavy atom. The average Bonchev–Trinajstić information content (AvgIpc) is 1.85. The summed E-state index contributed by atoms with van der Waals surface area (Å²) in [5.41, 5.74) is -0.161. The van der Waals surface area contributed by atoms with Crippen LogP contribution < -0.4 is 0 Å². The van der Waals surface area contributed by atoms with Crippen molar-refractivity contribution in [1.29, 1.82) is 0 Å². The largest absolute Gasteiger partial charge is 0.374 e. The molecule has 0 aromatic rings. The van der Waals surface area contributed by atoms with Gasteiger partial charge in [0, 0.05) is 6.61 Å². The molecule has 2 heteroatoms. The van der Waals surface area contributed by atoms with Crippen molar-refractivity contribution in [2.24, 2.45) is 5.92 Å². The van der Waals surface area contributed by atoms with Gasteiger partial charge >= 0.3 is 0 Å². The van der Waals surface area contributed by atoms with Crippen LogP contribution in [0.5, 0.6) is 0 Å². The van der Waals surface area contributed by atoms with Gasteiger partial charge < -0.3 is 4.74 Å². The van der Waals surface area contributed by atoms with Crippen molar-refractivity contribution in [1.82, 2.24) is 0 Å². The summed E-state index contributed by atoms with van der Waals surface area (Å²) in [6, 6.07) is 0. The molecule has 0 aliphatic carbocycles. The summed E-state index contributed by atoms with van der Waals surface area (Å²) in [4.78, 5) is 0. The zero-order valence-electron chi connectivity index (χ0n) is 7.28. The van der Waals surface area contributed by atoms with E-state index in [1.165, 1.54) is 0 Å². The molecule has 1 nitrogen and oxygen atoms in total. The molecule has 0 unspecified atom stereocenters. The first kappa shape index (κ1) is 10.2. The van der Waals surface area contributed by atoms with Crippen molar-refractivity contribution in [3.8, 4) is 0 Å². The SMILES string of the molecule is CC(C)COC(C)(C)CCl. The Balaban J connectivity index is 3.46. The molecule has 0 radical (unpaired) electrons. The van der Waals surface area contributed by atoms with Gasteiger partial charge in [-0.2, -0.15) is 0 Å². The molecule has 0 heterocycles. The second-order valence-electron chi connectivity index (χ2n) is 3.60. The molecule has 0 aliphatic heterocycles. The van der Waals surface area contributed by atoms with Crippen molar-refractivity contribution in [3.63, 3.8) is 0 Å². The van der Waals surface area contributed by atoms with Gasteiger partial charge in [0.25, 0.3) is 0 Å². The van der Waals surface area contributed by atoms with E-state index in [1.54, 1.807) is 0 Å². The lowest BCUT2D eigenvalue weighted by molar-refractivity contribution is -0.0142. The molecule has 0 amide bonds. The zero-order valence-corrected chi connectivity index (χ0v) is 8.03. The van der Waals surface area contributed by atoms with E-state index in [9.17, 15) is 0 Å². The van der Waals surface area contributed by atoms with Gasteiger partial charge in [0.05, 0.1) is 11.5 Å². The van der Waals surface area contributed by atoms with Crippen LogP contribution >= 0.6 is 11.6 Å². The lowest BCUT2D eigenvalue weighted by Gasteiger charge is -2.23. The molecular formula is C8H17ClO. The molecule has 0 aliphatic rings. The van der Waals surface area contributed by atoms with E-state index < -0.39 is 0 Å². The average molecular weight is 165 g/mol. The van der Waals surface area contributed by atoms with Crippen molar-refractivity contribution in [2.75, 3.05) is 12.5 Å². The van der Waals surface area contributed by atoms with E-state index in [2.05, 4.69) is 13.8 Å². The van der Waals surface area contributed by atoms with Gasteiger partial charge in [0.2, 0.25) is 0 Å². The first-order valence-corrected chi connectivity index (χ1v) is 4.21. The van der Waals surface area contributed by atoms with Gasteiger partial charge in [-0.1, -0.05) is 13.8 Å². The van der Waals surface area contributed by atoms with E-state index in [0.29, 0.717) is 11.8 Å². The highest BCUT2D eigenvalue weighted by Gasteiger charge is 2.16. The third-order valence-electron chi connectivity index (χ3n) is 1.13. The van der Waals surface area contributed by atoms with Gasteiger partial charge in [0.1, 0.15) is 0 Å². The van der Waals surface area contributed by atoms with Crippen LogP contribution in [0.15, 0.2) is 0 Å². The number of hydrogen-bond donors (Lipinski definition) is 0. The maximum atomic E-state index is 5.65. The molecule has 0 aromatic carbocycles. The van der Waals surface area contributed by atoms with Crippen LogP contribution in [-0.2, 0) is 4.74 Å². The standard InChI is InChI=1S/C8H17ClO/c1-7(2)5-10-8(3,4)6-9/h7H,5-6H2,1-4H3. The molecular weight excluding hydrogens is 148 g/mol. The maximum absolute atomic E-state index is 5.65. The summed E-state index contributed by atoms with van der Waals surface area (Å²) >= 11 is 5.65. The fourth-order valence-electron chi connectivity index (χ4n) is 0.431. The molecule has 10 heavy (non-hydrogen) atoms. The Morgan fingerprint density at radius 2 is 1.90 bits per heavy atom. The fourth-order valence-corrected chi connectivity index (χ4v) is 0.508. The third kappa shape index (κ3) is 5.07. The summed E-state index contributed by atoms with van der Waals surface area (Å²) in [7, 11) is 0. The van der Waals surface area contributed by atoms with Gasteiger partial charge in [0.15, 0.2) is 0 Å². The van der Waals surface area contributed by atoms with Crippen LogP contribution in [-0.4, -0.2) is 18.1 Å². The van der Waals surface area contributed by atoms with E-state index in [-0.39, 0.29) is 5.60 Å². The van der Waals surface area contributed by atoms with E-state index in [1.807, 2.05) is 13.8 Å². The molecule has 0 rings (SSSR count). The highest BCUT2D eigenvalue weighted by atomic mass is 35.5. The van der Waals surface area contributed by atoms with Crippen LogP contribution in [0.4, 0.5) is 0 Å². The Morgan fingerprint density at radius 3 is 2.20 bits per heavy atom. The second kappa shape index (κ2) is 4.20. The van der Waals surface area contributed by atoms with E-state index in [4.69, 9.17) is 16.3 Å². The van der Waals surface area contributed by atoms with Crippen LogP contribution in [0.1, 0.15) is 27.7 Å². The molecule has 0 fully saturated rings. The van der Waals surface area contributed by atoms with Gasteiger partial charge in [-0.05, 0) is 19.8 Å². The minimum absolute atomic E-state index is 0.161. The highest BCUT2D eigenvalue weighted by molar-refractivity contribution is 6.18. The van der Waals surface area contributed by atoms with Gasteiger partial charge in [-0.3, -0.25) is 0 Å². The van der Waals surface area contributed by atoms with E-state index >= 15 is 0 Å². The number of ether oxygens (including phenoxy) is 1. The summed E-state index contributed by atoms with van der Waals surface area (Å²) < 4.78 is 5.51. The predicted octanol–water partition coefficient (Wildman–Crippen LogP) is 2.68. The Labute approximate surface area is 68.7 Å². The molecule has 0 atom stereocenters. The van der Waals surface area contributed by atoms with Crippen molar-refractivity contribution in [2.45, 2.75) is 33.3 Å². The number of halogens is 1. The first-order valence-electron chi connectivity index (χ1n) is 3.68. The third-order valence-corrected chi connectivity index (χ3v) is 1.77. The van der Waals surface area contributed by atoms with Crippen LogP contribution in [0.3, 0.4) is 0 Å². The maximum Gasteiger partial charge on any atom is 0.0761 e. The highest BCUT2D eigenvalue weighted by Crippen LogP contribution is 2.12. The number of rotatable bonds is 4. The van der Waals surface area contributed by atoms with Gasteiger partial charge in [-0.15, -0.1) is 11.6 Å². The van der Waals surface area contributed by atoms with Crippen molar-refractivity contribution < 1.29 is 4.74 Å². The van der Waals surface area contributed by atoms with Crippen molar-refractivity contribution in [3.05, 3.63) is 0 Å². The quantitative estimate of drug-likeness (QED) is 0.581. The van der Waals surface area contributed by atoms with Crippen LogP contribution in [0.2, 0.25) is 0 Å². The number of hydrogen-bond acceptors (Lipinski definition) is 1. The Bertz CT molecular complexity index is 89.3. The molecule has 0 saturated heterocycles. The van der Waals surface area contributed by atoms with E-state index in [0.717, 1.165) is 6.61 Å². The molecule has 0 bridgehead atoms. The fraction of sp³-hybridized carbons (Fsp3) is 1.00. The van der Waals surface area contributed by atoms with Gasteiger partial charge in [-0.25, -0.2) is 0 Å². The predicted molar refractivity (Wildman–Crippen MR) is 45.6 cm³/mol. The summed E-state index contributed by atoms with van der Waals surface area (Å²) in [5.74, 6) is 1.14. The lowest BCUT2D eigenvalue weighted by atomic mass is 10.1. The molecule has 0 spiro atoms. The molecule has 62 valence electrons. The summed E-state index contributed by atoms with van der Waals surface area (Å²) in [6.07, 6.45) is 0. The second-order valence-corrected chi connectivity index (χ2v) is 3.87. The van der Waals surface area contributed by atoms with Crippen molar-refractivity contribution >= 4 is 11.6 Å². The summed E-state index contributed by atoms with van der Waals surface area (Å²) in [6.45, 7) is 9.05. The lowest BCUT2D eigenvalue weighted by Crippen LogP contribution is -2.28. The minimum Gasteiger partial charge on any atom is -0.374 e. The van der Waals surface area contributed by atoms with Crippen LogP contribution in [0.25, 0.3) is 0 Å². The summed E-state index contributed by atoms with van der Waals surface area (Å²) in [5, 5.41) is 0. The smallest absolute Gasteiger partial charge is 0.0761 e. The van der Waals surface area contributed by atoms with Crippen LogP contribution in [0, 0.1) is 5.92 Å². The first-order chi connectivity index (χ1) is 4.48. The normalized spacial score (nSPS) is 12.6. The minimum atomic E-state index is -0.161. The Hall–Kier alpha value is 0.250. The topological polar surface area (TPSA) is 9.23 Å².